The van der Waals surface area contributed by atoms with Crippen molar-refractivity contribution in [2.45, 2.75) is 12.5 Å². The van der Waals surface area contributed by atoms with Gasteiger partial charge in [-0.25, -0.2) is 18.5 Å². The summed E-state index contributed by atoms with van der Waals surface area (Å²) in [6.07, 6.45) is 0.0720. The number of hydrogen-bond acceptors (Lipinski definition) is 3. The van der Waals surface area contributed by atoms with Gasteiger partial charge in [0, 0.05) is 12.6 Å². The fraction of sp³-hybridized carbons (Fsp3) is 0.385. The maximum absolute atomic E-state index is 13.8. The molecule has 0 N–H and O–H groups in total. The molecule has 0 spiro atoms. The number of urea groups is 1. The second kappa shape index (κ2) is 4.82. The molecule has 7 heteroatoms. The fourth-order valence-corrected chi connectivity index (χ4v) is 2.50. The standard InChI is InChI=1S/C13H12F2N2O3/c14-8-1-2-11(10(15)5-8)17-12(18)6-9-7-20-4-3-16(9)13(17)19/h1-2,5,9H,3-4,6-7H2. The van der Waals surface area contributed by atoms with Crippen molar-refractivity contribution in [2.24, 2.45) is 0 Å². The van der Waals surface area contributed by atoms with E-state index in [1.807, 2.05) is 0 Å². The molecular weight excluding hydrogens is 270 g/mol. The molecule has 5 nitrogen and oxygen atoms in total. The molecule has 2 saturated heterocycles. The molecule has 2 heterocycles. The molecule has 2 aliphatic rings. The minimum Gasteiger partial charge on any atom is -0.377 e. The molecule has 106 valence electrons. The Bertz CT molecular complexity index is 579. The minimum atomic E-state index is -0.932. The molecule has 1 aromatic carbocycles. The molecule has 0 saturated carbocycles. The summed E-state index contributed by atoms with van der Waals surface area (Å²) in [5.41, 5.74) is -0.216. The van der Waals surface area contributed by atoms with Crippen LogP contribution in [0, 0.1) is 11.6 Å². The number of ether oxygens (including phenoxy) is 1. The topological polar surface area (TPSA) is 49.9 Å². The SMILES string of the molecule is O=C1CC2COCCN2C(=O)N1c1ccc(F)cc1F. The smallest absolute Gasteiger partial charge is 0.331 e. The van der Waals surface area contributed by atoms with Crippen molar-refractivity contribution in [3.8, 4) is 0 Å². The van der Waals surface area contributed by atoms with Gasteiger partial charge in [-0.05, 0) is 12.1 Å². The van der Waals surface area contributed by atoms with Gasteiger partial charge in [0.1, 0.15) is 11.6 Å². The molecule has 1 atom stereocenters. The fourth-order valence-electron chi connectivity index (χ4n) is 2.50. The van der Waals surface area contributed by atoms with E-state index >= 15 is 0 Å². The predicted octanol–water partition coefficient (Wildman–Crippen LogP) is 1.52. The van der Waals surface area contributed by atoms with E-state index in [1.165, 1.54) is 4.90 Å². The first kappa shape index (κ1) is 13.0. The largest absolute Gasteiger partial charge is 0.377 e. The van der Waals surface area contributed by atoms with Crippen LogP contribution in [0.2, 0.25) is 0 Å². The Morgan fingerprint density at radius 1 is 1.25 bits per heavy atom. The number of nitrogens with zero attached hydrogens (tertiary/aromatic N) is 2. The Morgan fingerprint density at radius 2 is 2.05 bits per heavy atom. The zero-order valence-electron chi connectivity index (χ0n) is 10.5. The molecule has 1 unspecified atom stereocenters. The predicted molar refractivity (Wildman–Crippen MR) is 65.2 cm³/mol. The number of halogens is 2. The second-order valence-electron chi connectivity index (χ2n) is 4.73. The highest BCUT2D eigenvalue weighted by Gasteiger charge is 2.41. The summed E-state index contributed by atoms with van der Waals surface area (Å²) >= 11 is 0. The van der Waals surface area contributed by atoms with Gasteiger partial charge in [-0.1, -0.05) is 0 Å². The summed E-state index contributed by atoms with van der Waals surface area (Å²) in [6, 6.07) is 1.89. The van der Waals surface area contributed by atoms with Crippen LogP contribution in [-0.2, 0) is 9.53 Å². The highest BCUT2D eigenvalue weighted by atomic mass is 19.1. The quantitative estimate of drug-likeness (QED) is 0.784. The van der Waals surface area contributed by atoms with Crippen LogP contribution < -0.4 is 4.90 Å². The molecule has 0 aliphatic carbocycles. The molecule has 3 amide bonds. The monoisotopic (exact) mass is 282 g/mol. The maximum atomic E-state index is 13.8. The lowest BCUT2D eigenvalue weighted by Crippen LogP contribution is -2.61. The number of carbonyl (C=O) groups excluding carboxylic acids is 2. The van der Waals surface area contributed by atoms with Crippen molar-refractivity contribution in [3.63, 3.8) is 0 Å². The van der Waals surface area contributed by atoms with Crippen molar-refractivity contribution < 1.29 is 23.1 Å². The molecule has 1 aromatic rings. The van der Waals surface area contributed by atoms with Crippen molar-refractivity contribution in [3.05, 3.63) is 29.8 Å². The molecule has 0 radical (unpaired) electrons. The number of rotatable bonds is 1. The summed E-state index contributed by atoms with van der Waals surface area (Å²) < 4.78 is 31.9. The summed E-state index contributed by atoms with van der Waals surface area (Å²) in [5, 5.41) is 0. The number of benzene rings is 1. The van der Waals surface area contributed by atoms with E-state index < -0.39 is 23.6 Å². The van der Waals surface area contributed by atoms with Crippen molar-refractivity contribution in [1.29, 1.82) is 0 Å². The van der Waals surface area contributed by atoms with Crippen LogP contribution in [0.25, 0.3) is 0 Å². The first-order valence-corrected chi connectivity index (χ1v) is 6.24. The van der Waals surface area contributed by atoms with E-state index in [4.69, 9.17) is 4.74 Å². The van der Waals surface area contributed by atoms with Gasteiger partial charge in [0.15, 0.2) is 0 Å². The Kier molecular flexibility index (Phi) is 3.13. The summed E-state index contributed by atoms with van der Waals surface area (Å²) in [7, 11) is 0. The van der Waals surface area contributed by atoms with Crippen molar-refractivity contribution in [1.82, 2.24) is 4.90 Å². The molecule has 3 rings (SSSR count). The van der Waals surface area contributed by atoms with Gasteiger partial charge in [-0.3, -0.25) is 4.79 Å². The second-order valence-corrected chi connectivity index (χ2v) is 4.73. The zero-order chi connectivity index (χ0) is 14.3. The third-order valence-electron chi connectivity index (χ3n) is 3.47. The van der Waals surface area contributed by atoms with E-state index in [0.717, 1.165) is 17.0 Å². The van der Waals surface area contributed by atoms with E-state index in [0.29, 0.717) is 25.8 Å². The van der Waals surface area contributed by atoms with Crippen LogP contribution in [0.3, 0.4) is 0 Å². The van der Waals surface area contributed by atoms with Crippen LogP contribution in [-0.4, -0.2) is 42.6 Å². The van der Waals surface area contributed by atoms with Crippen LogP contribution in [0.15, 0.2) is 18.2 Å². The number of imide groups is 1. The van der Waals surface area contributed by atoms with Crippen LogP contribution >= 0.6 is 0 Å². The van der Waals surface area contributed by atoms with Crippen LogP contribution in [0.5, 0.6) is 0 Å². The Morgan fingerprint density at radius 3 is 2.80 bits per heavy atom. The lowest BCUT2D eigenvalue weighted by Gasteiger charge is -2.42. The minimum absolute atomic E-state index is 0.0720. The van der Waals surface area contributed by atoms with E-state index in [-0.39, 0.29) is 18.2 Å². The number of anilines is 1. The number of amides is 3. The van der Waals surface area contributed by atoms with Gasteiger partial charge >= 0.3 is 6.03 Å². The van der Waals surface area contributed by atoms with Gasteiger partial charge in [-0.15, -0.1) is 0 Å². The van der Waals surface area contributed by atoms with Gasteiger partial charge in [0.05, 0.1) is 31.4 Å². The molecule has 0 bridgehead atoms. The van der Waals surface area contributed by atoms with E-state index in [2.05, 4.69) is 0 Å². The highest BCUT2D eigenvalue weighted by Crippen LogP contribution is 2.28. The Labute approximate surface area is 113 Å². The molecule has 2 fully saturated rings. The molecule has 0 aromatic heterocycles. The first-order valence-electron chi connectivity index (χ1n) is 6.24. The highest BCUT2D eigenvalue weighted by molar-refractivity contribution is 6.16. The van der Waals surface area contributed by atoms with E-state index in [9.17, 15) is 18.4 Å². The van der Waals surface area contributed by atoms with Crippen molar-refractivity contribution in [2.75, 3.05) is 24.7 Å². The Balaban J connectivity index is 1.96. The third-order valence-corrected chi connectivity index (χ3v) is 3.47. The number of carbonyl (C=O) groups is 2. The van der Waals surface area contributed by atoms with Crippen LogP contribution in [0.1, 0.15) is 6.42 Å². The Hall–Kier alpha value is -2.02. The van der Waals surface area contributed by atoms with Crippen LogP contribution in [0.4, 0.5) is 19.3 Å². The number of morpholine rings is 1. The summed E-state index contributed by atoms with van der Waals surface area (Å²) in [4.78, 5) is 26.7. The molecular formula is C13H12F2N2O3. The molecule has 2 aliphatic heterocycles. The molecule has 20 heavy (non-hydrogen) atoms. The lowest BCUT2D eigenvalue weighted by atomic mass is 10.1. The van der Waals surface area contributed by atoms with Gasteiger partial charge in [0.2, 0.25) is 5.91 Å². The average Bonchev–Trinajstić information content (AvgIpc) is 2.41. The number of fused-ring (bicyclic) bond motifs is 1. The maximum Gasteiger partial charge on any atom is 0.331 e. The summed E-state index contributed by atoms with van der Waals surface area (Å²) in [6.45, 7) is 1.05. The van der Waals surface area contributed by atoms with Crippen molar-refractivity contribution >= 4 is 17.6 Å². The zero-order valence-corrected chi connectivity index (χ0v) is 10.5. The average molecular weight is 282 g/mol. The third kappa shape index (κ3) is 2.03. The normalized spacial score (nSPS) is 23.0. The van der Waals surface area contributed by atoms with Gasteiger partial charge in [-0.2, -0.15) is 0 Å². The van der Waals surface area contributed by atoms with Gasteiger partial charge in [0.25, 0.3) is 0 Å². The first-order chi connectivity index (χ1) is 9.58. The lowest BCUT2D eigenvalue weighted by molar-refractivity contribution is -0.122. The van der Waals surface area contributed by atoms with Gasteiger partial charge < -0.3 is 9.64 Å². The number of hydrogen-bond donors (Lipinski definition) is 0. The van der Waals surface area contributed by atoms with E-state index in [1.54, 1.807) is 0 Å². The summed E-state index contributed by atoms with van der Waals surface area (Å²) in [5.74, 6) is -2.20.